The van der Waals surface area contributed by atoms with Crippen LogP contribution < -0.4 is 4.72 Å². The lowest BCUT2D eigenvalue weighted by atomic mass is 10.2. The Morgan fingerprint density at radius 3 is 2.61 bits per heavy atom. The molecule has 0 fully saturated rings. The molecule has 0 saturated heterocycles. The molecule has 1 heterocycles. The van der Waals surface area contributed by atoms with Gasteiger partial charge in [0.1, 0.15) is 5.76 Å². The first-order valence-electron chi connectivity index (χ1n) is 5.42. The normalized spacial score (nSPS) is 11.7. The number of carboxylic acids is 1. The molecule has 102 valence electrons. The number of rotatable bonds is 7. The van der Waals surface area contributed by atoms with Crippen molar-refractivity contribution in [3.8, 4) is 0 Å². The van der Waals surface area contributed by atoms with Crippen molar-refractivity contribution in [2.75, 3.05) is 5.75 Å². The van der Waals surface area contributed by atoms with Crippen LogP contribution in [0.3, 0.4) is 0 Å². The number of carbonyl (C=O) groups is 1. The molecule has 8 heteroatoms. The Bertz CT molecular complexity index is 501. The van der Waals surface area contributed by atoms with Crippen molar-refractivity contribution in [2.24, 2.45) is 0 Å². The Hall–Kier alpha value is -1.41. The number of aliphatic carboxylic acids is 1. The molecule has 0 aliphatic carbocycles. The van der Waals surface area contributed by atoms with Crippen LogP contribution in [-0.4, -0.2) is 30.4 Å². The van der Waals surface area contributed by atoms with Crippen molar-refractivity contribution in [2.45, 2.75) is 33.2 Å². The van der Waals surface area contributed by atoms with Crippen molar-refractivity contribution in [3.63, 3.8) is 0 Å². The molecule has 0 saturated carbocycles. The summed E-state index contributed by atoms with van der Waals surface area (Å²) in [4.78, 5) is 10.3. The van der Waals surface area contributed by atoms with Crippen LogP contribution in [0.4, 0.5) is 0 Å². The van der Waals surface area contributed by atoms with Crippen LogP contribution in [0.1, 0.15) is 29.9 Å². The van der Waals surface area contributed by atoms with Gasteiger partial charge in [0.25, 0.3) is 0 Å². The maximum Gasteiger partial charge on any atom is 0.303 e. The Morgan fingerprint density at radius 2 is 2.11 bits per heavy atom. The molecule has 1 aromatic rings. The van der Waals surface area contributed by atoms with Crippen LogP contribution in [0.2, 0.25) is 0 Å². The van der Waals surface area contributed by atoms with Crippen LogP contribution in [0.25, 0.3) is 0 Å². The highest BCUT2D eigenvalue weighted by atomic mass is 32.2. The average molecular weight is 276 g/mol. The number of hydrogen-bond donors (Lipinski definition) is 2. The van der Waals surface area contributed by atoms with E-state index in [1.807, 2.05) is 0 Å². The van der Waals surface area contributed by atoms with Gasteiger partial charge in [-0.15, -0.1) is 0 Å². The van der Waals surface area contributed by atoms with E-state index in [0.717, 1.165) is 0 Å². The zero-order valence-corrected chi connectivity index (χ0v) is 11.1. The summed E-state index contributed by atoms with van der Waals surface area (Å²) in [5.41, 5.74) is 1.34. The summed E-state index contributed by atoms with van der Waals surface area (Å²) in [7, 11) is -3.47. The molecule has 1 aromatic heterocycles. The molecule has 0 radical (unpaired) electrons. The van der Waals surface area contributed by atoms with Gasteiger partial charge >= 0.3 is 5.97 Å². The predicted octanol–water partition coefficient (Wildman–Crippen LogP) is 0.576. The third kappa shape index (κ3) is 4.46. The third-order valence-electron chi connectivity index (χ3n) is 2.45. The van der Waals surface area contributed by atoms with Crippen molar-refractivity contribution in [1.82, 2.24) is 9.88 Å². The summed E-state index contributed by atoms with van der Waals surface area (Å²) in [5, 5.41) is 12.1. The third-order valence-corrected chi connectivity index (χ3v) is 3.86. The van der Waals surface area contributed by atoms with Gasteiger partial charge in [-0.3, -0.25) is 4.79 Å². The number of sulfonamides is 1. The number of carboxylic acid groups (broad SMARTS) is 1. The molecule has 0 atom stereocenters. The van der Waals surface area contributed by atoms with Crippen LogP contribution >= 0.6 is 0 Å². The molecule has 0 aliphatic rings. The van der Waals surface area contributed by atoms with Gasteiger partial charge in [-0.2, -0.15) is 0 Å². The number of aromatic nitrogens is 1. The van der Waals surface area contributed by atoms with Crippen molar-refractivity contribution < 1.29 is 22.8 Å². The Labute approximate surface area is 105 Å². The lowest BCUT2D eigenvalue weighted by molar-refractivity contribution is -0.137. The SMILES string of the molecule is Cc1noc(C)c1CNS(=O)(=O)CCCC(=O)O. The summed E-state index contributed by atoms with van der Waals surface area (Å²) in [6, 6.07) is 0. The van der Waals surface area contributed by atoms with E-state index < -0.39 is 16.0 Å². The molecule has 0 unspecified atom stereocenters. The second-order valence-electron chi connectivity index (χ2n) is 3.94. The number of aryl methyl sites for hydroxylation is 2. The van der Waals surface area contributed by atoms with Crippen LogP contribution in [0, 0.1) is 13.8 Å². The second-order valence-corrected chi connectivity index (χ2v) is 5.87. The van der Waals surface area contributed by atoms with E-state index in [-0.39, 0.29) is 25.1 Å². The standard InChI is InChI=1S/C10H16N2O5S/c1-7-9(8(2)17-12-7)6-11-18(15,16)5-3-4-10(13)14/h11H,3-6H2,1-2H3,(H,13,14). The summed E-state index contributed by atoms with van der Waals surface area (Å²) in [6.07, 6.45) is -0.0709. The summed E-state index contributed by atoms with van der Waals surface area (Å²) < 4.78 is 30.5. The average Bonchev–Trinajstić information content (AvgIpc) is 2.55. The summed E-state index contributed by atoms with van der Waals surface area (Å²) in [6.45, 7) is 3.54. The van der Waals surface area contributed by atoms with E-state index in [9.17, 15) is 13.2 Å². The first-order chi connectivity index (χ1) is 8.32. The van der Waals surface area contributed by atoms with Gasteiger partial charge in [0.15, 0.2) is 0 Å². The fraction of sp³-hybridized carbons (Fsp3) is 0.600. The molecular formula is C10H16N2O5S. The summed E-state index contributed by atoms with van der Waals surface area (Å²) in [5.74, 6) is -0.639. The molecule has 18 heavy (non-hydrogen) atoms. The van der Waals surface area contributed by atoms with E-state index in [1.54, 1.807) is 13.8 Å². The largest absolute Gasteiger partial charge is 0.481 e. The van der Waals surface area contributed by atoms with Crippen LogP contribution in [0.5, 0.6) is 0 Å². The lowest BCUT2D eigenvalue weighted by Gasteiger charge is -2.05. The van der Waals surface area contributed by atoms with Gasteiger partial charge < -0.3 is 9.63 Å². The van der Waals surface area contributed by atoms with Gasteiger partial charge in [0.2, 0.25) is 10.0 Å². The van der Waals surface area contributed by atoms with Gasteiger partial charge in [0, 0.05) is 18.5 Å². The van der Waals surface area contributed by atoms with E-state index in [0.29, 0.717) is 17.0 Å². The Morgan fingerprint density at radius 1 is 1.44 bits per heavy atom. The fourth-order valence-electron chi connectivity index (χ4n) is 1.42. The quantitative estimate of drug-likeness (QED) is 0.753. The van der Waals surface area contributed by atoms with Crippen molar-refractivity contribution in [3.05, 3.63) is 17.0 Å². The molecule has 1 rings (SSSR count). The maximum atomic E-state index is 11.6. The molecule has 0 bridgehead atoms. The second kappa shape index (κ2) is 5.96. The molecule has 0 aromatic carbocycles. The van der Waals surface area contributed by atoms with Gasteiger partial charge in [-0.25, -0.2) is 13.1 Å². The smallest absolute Gasteiger partial charge is 0.303 e. The van der Waals surface area contributed by atoms with Gasteiger partial charge in [0.05, 0.1) is 11.4 Å². The molecule has 7 nitrogen and oxygen atoms in total. The summed E-state index contributed by atoms with van der Waals surface area (Å²) >= 11 is 0. The van der Waals surface area contributed by atoms with Crippen molar-refractivity contribution in [1.29, 1.82) is 0 Å². The fourth-order valence-corrected chi connectivity index (χ4v) is 2.45. The molecular weight excluding hydrogens is 260 g/mol. The monoisotopic (exact) mass is 276 g/mol. The minimum absolute atomic E-state index is 0.0896. The van der Waals surface area contributed by atoms with Gasteiger partial charge in [-0.1, -0.05) is 5.16 Å². The number of nitrogens with one attached hydrogen (secondary N) is 1. The molecule has 0 spiro atoms. The van der Waals surface area contributed by atoms with E-state index in [4.69, 9.17) is 9.63 Å². The highest BCUT2D eigenvalue weighted by Gasteiger charge is 2.14. The molecule has 0 aliphatic heterocycles. The molecule has 0 amide bonds. The minimum atomic E-state index is -3.47. The van der Waals surface area contributed by atoms with E-state index in [2.05, 4.69) is 9.88 Å². The number of hydrogen-bond acceptors (Lipinski definition) is 5. The zero-order chi connectivity index (χ0) is 13.8. The predicted molar refractivity (Wildman–Crippen MR) is 63.5 cm³/mol. The highest BCUT2D eigenvalue weighted by Crippen LogP contribution is 2.12. The Kier molecular flexibility index (Phi) is 4.85. The van der Waals surface area contributed by atoms with Gasteiger partial charge in [-0.05, 0) is 20.3 Å². The molecule has 2 N–H and O–H groups in total. The van der Waals surface area contributed by atoms with Crippen molar-refractivity contribution >= 4 is 16.0 Å². The topological polar surface area (TPSA) is 110 Å². The maximum absolute atomic E-state index is 11.6. The number of nitrogens with zero attached hydrogens (tertiary/aromatic N) is 1. The van der Waals surface area contributed by atoms with E-state index in [1.165, 1.54) is 0 Å². The first kappa shape index (κ1) is 14.7. The van der Waals surface area contributed by atoms with Crippen LogP contribution in [-0.2, 0) is 21.4 Å². The minimum Gasteiger partial charge on any atom is -0.481 e. The zero-order valence-electron chi connectivity index (χ0n) is 10.3. The Balaban J connectivity index is 2.49. The first-order valence-corrected chi connectivity index (χ1v) is 7.08. The van der Waals surface area contributed by atoms with E-state index >= 15 is 0 Å². The lowest BCUT2D eigenvalue weighted by Crippen LogP contribution is -2.26. The highest BCUT2D eigenvalue weighted by molar-refractivity contribution is 7.89. The van der Waals surface area contributed by atoms with Crippen LogP contribution in [0.15, 0.2) is 4.52 Å².